The summed E-state index contributed by atoms with van der Waals surface area (Å²) in [5.74, 6) is -0.507. The molecule has 0 bridgehead atoms. The number of quaternary nitrogens is 1. The maximum absolute atomic E-state index is 12.0. The molecule has 0 aliphatic rings. The van der Waals surface area contributed by atoms with E-state index in [4.69, 9.17) is 18.5 Å². The molecule has 0 saturated heterocycles. The molecule has 280 valence electrons. The highest BCUT2D eigenvalue weighted by Gasteiger charge is 2.19. The third kappa shape index (κ3) is 37.9. The van der Waals surface area contributed by atoms with Gasteiger partial charge in [-0.25, -0.2) is 0 Å². The van der Waals surface area contributed by atoms with Crippen LogP contribution in [0.1, 0.15) is 168 Å². The number of nitrogens with zero attached hydrogens (tertiary/aromatic N) is 1. The molecule has 0 aromatic carbocycles. The van der Waals surface area contributed by atoms with Crippen LogP contribution in [0.5, 0.6) is 0 Å². The van der Waals surface area contributed by atoms with Gasteiger partial charge in [0.15, 0.2) is 0 Å². The third-order valence-electron chi connectivity index (χ3n) is 8.37. The highest BCUT2D eigenvalue weighted by atomic mass is 31.2. The summed E-state index contributed by atoms with van der Waals surface area (Å²) in [5, 5.41) is 0. The van der Waals surface area contributed by atoms with Gasteiger partial charge in [0.25, 0.3) is 7.82 Å². The van der Waals surface area contributed by atoms with Gasteiger partial charge in [0.1, 0.15) is 19.3 Å². The SMILES string of the molecule is CCCCCCCCCC/C=C\CCCCCCCCCCCCCCCCOCC(COP(=O)([O-])OCC[N+](C)(C)C)OC(C)=O. The molecule has 0 amide bonds. The minimum absolute atomic E-state index is 0.0249. The summed E-state index contributed by atoms with van der Waals surface area (Å²) in [6, 6.07) is 0. The summed E-state index contributed by atoms with van der Waals surface area (Å²) in [7, 11) is 1.35. The van der Waals surface area contributed by atoms with Crippen LogP contribution >= 0.6 is 7.82 Å². The van der Waals surface area contributed by atoms with Crippen LogP contribution in [0, 0.1) is 0 Å². The molecule has 47 heavy (non-hydrogen) atoms. The van der Waals surface area contributed by atoms with Crippen molar-refractivity contribution in [1.82, 2.24) is 0 Å². The minimum atomic E-state index is -4.47. The lowest BCUT2D eigenvalue weighted by Crippen LogP contribution is -2.37. The number of likely N-dealkylation sites (N-methyl/N-ethyl adjacent to an activating group) is 1. The fourth-order valence-electron chi connectivity index (χ4n) is 5.42. The van der Waals surface area contributed by atoms with Crippen LogP contribution in [0.25, 0.3) is 0 Å². The molecular formula is C38H76NO7P. The van der Waals surface area contributed by atoms with Gasteiger partial charge in [-0.15, -0.1) is 0 Å². The normalized spacial score (nSPS) is 14.1. The summed E-state index contributed by atoms with van der Waals surface area (Å²) in [4.78, 5) is 23.4. The van der Waals surface area contributed by atoms with Gasteiger partial charge in [-0.1, -0.05) is 141 Å². The first kappa shape index (κ1) is 46.2. The number of hydrogen-bond acceptors (Lipinski definition) is 7. The van der Waals surface area contributed by atoms with E-state index in [2.05, 4.69) is 19.1 Å². The van der Waals surface area contributed by atoms with E-state index in [1.807, 2.05) is 21.1 Å². The Morgan fingerprint density at radius 2 is 1.06 bits per heavy atom. The van der Waals surface area contributed by atoms with E-state index in [1.165, 1.54) is 148 Å². The first-order valence-electron chi connectivity index (χ1n) is 19.4. The zero-order valence-corrected chi connectivity index (χ0v) is 32.4. The van der Waals surface area contributed by atoms with Crippen molar-refractivity contribution in [3.8, 4) is 0 Å². The predicted octanol–water partition coefficient (Wildman–Crippen LogP) is 10.1. The molecule has 0 aromatic heterocycles. The number of unbranched alkanes of at least 4 members (excludes halogenated alkanes) is 22. The lowest BCUT2D eigenvalue weighted by molar-refractivity contribution is -0.870. The minimum Gasteiger partial charge on any atom is -0.756 e. The molecule has 0 aliphatic heterocycles. The van der Waals surface area contributed by atoms with Crippen molar-refractivity contribution in [3.05, 3.63) is 12.2 Å². The van der Waals surface area contributed by atoms with Gasteiger partial charge >= 0.3 is 5.97 Å². The monoisotopic (exact) mass is 690 g/mol. The molecule has 2 atom stereocenters. The zero-order chi connectivity index (χ0) is 34.9. The van der Waals surface area contributed by atoms with Crippen molar-refractivity contribution in [2.24, 2.45) is 0 Å². The van der Waals surface area contributed by atoms with E-state index in [0.717, 1.165) is 12.8 Å². The van der Waals surface area contributed by atoms with Crippen LogP contribution in [0.3, 0.4) is 0 Å². The number of esters is 1. The van der Waals surface area contributed by atoms with Crippen LogP contribution in [-0.4, -0.2) is 70.7 Å². The molecule has 9 heteroatoms. The molecule has 0 rings (SSSR count). The van der Waals surface area contributed by atoms with Gasteiger partial charge < -0.3 is 27.9 Å². The Bertz CT molecular complexity index is 772. The second-order valence-electron chi connectivity index (χ2n) is 14.4. The van der Waals surface area contributed by atoms with Crippen LogP contribution < -0.4 is 4.89 Å². The molecule has 0 N–H and O–H groups in total. The summed E-state index contributed by atoms with van der Waals surface area (Å²) < 4.78 is 33.2. The van der Waals surface area contributed by atoms with Gasteiger partial charge in [-0.05, 0) is 32.1 Å². The second kappa shape index (κ2) is 32.4. The largest absolute Gasteiger partial charge is 0.756 e. The van der Waals surface area contributed by atoms with Gasteiger partial charge in [0.2, 0.25) is 0 Å². The van der Waals surface area contributed by atoms with Crippen LogP contribution in [0.4, 0.5) is 0 Å². The Morgan fingerprint density at radius 3 is 1.49 bits per heavy atom. The highest BCUT2D eigenvalue weighted by molar-refractivity contribution is 7.45. The van der Waals surface area contributed by atoms with E-state index in [1.54, 1.807) is 0 Å². The van der Waals surface area contributed by atoms with Crippen molar-refractivity contribution < 1.29 is 37.3 Å². The quantitative estimate of drug-likeness (QED) is 0.0212. The standard InChI is InChI=1S/C38H76NO7P/c1-6-7-8-9-10-11-12-13-14-15-16-17-18-19-20-21-22-23-24-25-26-27-28-29-30-31-33-43-35-38(46-37(2)40)36-45-47(41,42)44-34-32-39(3,4)5/h15-16,38H,6-14,17-36H2,1-5H3/b16-15-. The molecule has 8 nitrogen and oxygen atoms in total. The molecule has 0 saturated carbocycles. The topological polar surface area (TPSA) is 94.1 Å². The van der Waals surface area contributed by atoms with Crippen molar-refractivity contribution in [3.63, 3.8) is 0 Å². The Balaban J connectivity index is 3.52. The molecule has 0 spiro atoms. The number of rotatable bonds is 36. The lowest BCUT2D eigenvalue weighted by atomic mass is 10.0. The fraction of sp³-hybridized carbons (Fsp3) is 0.921. The molecule has 0 aliphatic carbocycles. The van der Waals surface area contributed by atoms with Crippen LogP contribution in [0.2, 0.25) is 0 Å². The van der Waals surface area contributed by atoms with E-state index >= 15 is 0 Å². The average Bonchev–Trinajstić information content (AvgIpc) is 3.00. The summed E-state index contributed by atoms with van der Waals surface area (Å²) in [5.41, 5.74) is 0. The number of ether oxygens (including phenoxy) is 2. The summed E-state index contributed by atoms with van der Waals surface area (Å²) in [6.07, 6.45) is 35.9. The Labute approximate surface area is 290 Å². The Hall–Kier alpha value is -0.760. The smallest absolute Gasteiger partial charge is 0.303 e. The van der Waals surface area contributed by atoms with Crippen molar-refractivity contribution in [2.45, 2.75) is 174 Å². The average molecular weight is 690 g/mol. The fourth-order valence-corrected chi connectivity index (χ4v) is 6.15. The number of phosphoric ester groups is 1. The third-order valence-corrected chi connectivity index (χ3v) is 9.33. The highest BCUT2D eigenvalue weighted by Crippen LogP contribution is 2.38. The number of phosphoric acid groups is 1. The van der Waals surface area contributed by atoms with Crippen LogP contribution in [-0.2, 0) is 27.9 Å². The lowest BCUT2D eigenvalue weighted by Gasteiger charge is -2.28. The Morgan fingerprint density at radius 1 is 0.638 bits per heavy atom. The van der Waals surface area contributed by atoms with E-state index in [0.29, 0.717) is 17.6 Å². The number of hydrogen-bond donors (Lipinski definition) is 0. The Kier molecular flexibility index (Phi) is 31.9. The molecule has 0 aromatic rings. The van der Waals surface area contributed by atoms with E-state index in [-0.39, 0.29) is 19.8 Å². The molecule has 2 unspecified atom stereocenters. The number of carbonyl (C=O) groups is 1. The number of carbonyl (C=O) groups excluding carboxylic acids is 1. The molecular weight excluding hydrogens is 613 g/mol. The molecule has 0 radical (unpaired) electrons. The second-order valence-corrected chi connectivity index (χ2v) is 15.8. The van der Waals surface area contributed by atoms with Gasteiger partial charge in [0, 0.05) is 13.5 Å². The van der Waals surface area contributed by atoms with Crippen molar-refractivity contribution >= 4 is 13.8 Å². The van der Waals surface area contributed by atoms with E-state index in [9.17, 15) is 14.3 Å². The molecule has 0 heterocycles. The summed E-state index contributed by atoms with van der Waals surface area (Å²) in [6.45, 7) is 4.43. The van der Waals surface area contributed by atoms with Gasteiger partial charge in [0.05, 0.1) is 34.4 Å². The first-order chi connectivity index (χ1) is 22.6. The molecule has 0 fully saturated rings. The maximum Gasteiger partial charge on any atom is 0.303 e. The van der Waals surface area contributed by atoms with Crippen molar-refractivity contribution in [1.29, 1.82) is 0 Å². The maximum atomic E-state index is 12.0. The number of allylic oxidation sites excluding steroid dienone is 2. The van der Waals surface area contributed by atoms with Crippen LogP contribution in [0.15, 0.2) is 12.2 Å². The van der Waals surface area contributed by atoms with Gasteiger partial charge in [-0.2, -0.15) is 0 Å². The summed E-state index contributed by atoms with van der Waals surface area (Å²) >= 11 is 0. The first-order valence-corrected chi connectivity index (χ1v) is 20.8. The van der Waals surface area contributed by atoms with Gasteiger partial charge in [-0.3, -0.25) is 9.36 Å². The van der Waals surface area contributed by atoms with Crippen molar-refractivity contribution in [2.75, 3.05) is 54.1 Å². The predicted molar refractivity (Wildman–Crippen MR) is 194 cm³/mol. The van der Waals surface area contributed by atoms with E-state index < -0.39 is 19.9 Å². The zero-order valence-electron chi connectivity index (χ0n) is 31.5.